The van der Waals surface area contributed by atoms with E-state index in [1.807, 2.05) is 18.7 Å². The maximum Gasteiger partial charge on any atom is 0.191 e. The third-order valence-corrected chi connectivity index (χ3v) is 3.50. The molecule has 23 heavy (non-hydrogen) atoms. The van der Waals surface area contributed by atoms with Gasteiger partial charge in [-0.25, -0.2) is 0 Å². The Kier molecular flexibility index (Phi) is 12.1. The van der Waals surface area contributed by atoms with Gasteiger partial charge in [0.15, 0.2) is 5.96 Å². The normalized spacial score (nSPS) is 11.3. The third kappa shape index (κ3) is 7.98. The molecule has 1 rings (SSSR count). The van der Waals surface area contributed by atoms with Gasteiger partial charge in [-0.2, -0.15) is 5.10 Å². The second-order valence-electron chi connectivity index (χ2n) is 5.08. The van der Waals surface area contributed by atoms with Crippen LogP contribution in [-0.2, 0) is 23.1 Å². The number of rotatable bonds is 9. The maximum absolute atomic E-state index is 5.42. The Morgan fingerprint density at radius 3 is 2.52 bits per heavy atom. The Bertz CT molecular complexity index is 477. The first-order valence-corrected chi connectivity index (χ1v) is 7.60. The van der Waals surface area contributed by atoms with Gasteiger partial charge in [-0.3, -0.25) is 9.67 Å². The molecule has 134 valence electrons. The second-order valence-corrected chi connectivity index (χ2v) is 5.08. The molecular formula is C15H30IN5O2. The molecule has 1 aromatic heterocycles. The quantitative estimate of drug-likeness (QED) is 0.263. The molecule has 1 aromatic rings. The molecule has 7 nitrogen and oxygen atoms in total. The van der Waals surface area contributed by atoms with Crippen LogP contribution in [0.5, 0.6) is 0 Å². The number of guanidine groups is 1. The number of nitrogens with one attached hydrogen (secondary N) is 2. The first-order chi connectivity index (χ1) is 10.6. The highest BCUT2D eigenvalue weighted by Crippen LogP contribution is 2.10. The van der Waals surface area contributed by atoms with Gasteiger partial charge in [0.2, 0.25) is 0 Å². The van der Waals surface area contributed by atoms with E-state index in [2.05, 4.69) is 27.6 Å². The van der Waals surface area contributed by atoms with Crippen molar-refractivity contribution in [3.05, 3.63) is 17.0 Å². The summed E-state index contributed by atoms with van der Waals surface area (Å²) in [5, 5.41) is 11.0. The van der Waals surface area contributed by atoms with Crippen LogP contribution >= 0.6 is 24.0 Å². The van der Waals surface area contributed by atoms with E-state index < -0.39 is 0 Å². The van der Waals surface area contributed by atoms with Crippen molar-refractivity contribution in [1.29, 1.82) is 0 Å². The number of methoxy groups -OCH3 is 1. The Morgan fingerprint density at radius 2 is 1.96 bits per heavy atom. The van der Waals surface area contributed by atoms with Crippen molar-refractivity contribution in [1.82, 2.24) is 20.4 Å². The summed E-state index contributed by atoms with van der Waals surface area (Å²) >= 11 is 0. The van der Waals surface area contributed by atoms with Crippen LogP contribution in [0.15, 0.2) is 4.99 Å². The van der Waals surface area contributed by atoms with Gasteiger partial charge in [0.1, 0.15) is 0 Å². The van der Waals surface area contributed by atoms with Gasteiger partial charge in [0, 0.05) is 52.2 Å². The van der Waals surface area contributed by atoms with Crippen molar-refractivity contribution in [2.45, 2.75) is 26.8 Å². The third-order valence-electron chi connectivity index (χ3n) is 3.50. The van der Waals surface area contributed by atoms with E-state index in [0.29, 0.717) is 19.8 Å². The van der Waals surface area contributed by atoms with Gasteiger partial charge in [-0.15, -0.1) is 24.0 Å². The molecule has 0 aromatic carbocycles. The van der Waals surface area contributed by atoms with Crippen LogP contribution in [0.3, 0.4) is 0 Å². The highest BCUT2D eigenvalue weighted by Gasteiger charge is 2.09. The molecule has 0 saturated carbocycles. The second kappa shape index (κ2) is 12.5. The summed E-state index contributed by atoms with van der Waals surface area (Å²) in [5.74, 6) is 0.791. The SMILES string of the molecule is CN=C(NCCCOCCOC)NCc1c(C)nn(C)c1C.I. The van der Waals surface area contributed by atoms with Gasteiger partial charge in [-0.05, 0) is 20.3 Å². The van der Waals surface area contributed by atoms with E-state index in [1.165, 1.54) is 11.3 Å². The zero-order valence-electron chi connectivity index (χ0n) is 14.8. The minimum Gasteiger partial charge on any atom is -0.382 e. The lowest BCUT2D eigenvalue weighted by Crippen LogP contribution is -2.37. The van der Waals surface area contributed by atoms with E-state index in [-0.39, 0.29) is 24.0 Å². The molecule has 0 saturated heterocycles. The topological polar surface area (TPSA) is 72.7 Å². The minimum atomic E-state index is 0. The molecule has 0 amide bonds. The van der Waals surface area contributed by atoms with Crippen LogP contribution in [0.4, 0.5) is 0 Å². The lowest BCUT2D eigenvalue weighted by molar-refractivity contribution is 0.0698. The number of nitrogens with zero attached hydrogens (tertiary/aromatic N) is 3. The molecular weight excluding hydrogens is 409 g/mol. The van der Waals surface area contributed by atoms with Crippen LogP contribution in [0, 0.1) is 13.8 Å². The molecule has 2 N–H and O–H groups in total. The Morgan fingerprint density at radius 1 is 1.22 bits per heavy atom. The summed E-state index contributed by atoms with van der Waals surface area (Å²) in [6.45, 7) is 7.63. The smallest absolute Gasteiger partial charge is 0.191 e. The van der Waals surface area contributed by atoms with Crippen molar-refractivity contribution in [3.63, 3.8) is 0 Å². The van der Waals surface area contributed by atoms with Gasteiger partial charge in [0.05, 0.1) is 18.9 Å². The van der Waals surface area contributed by atoms with Gasteiger partial charge < -0.3 is 20.1 Å². The number of halogens is 1. The van der Waals surface area contributed by atoms with Crippen LogP contribution in [0.2, 0.25) is 0 Å². The molecule has 0 bridgehead atoms. The van der Waals surface area contributed by atoms with Crippen LogP contribution in [-0.4, -0.2) is 56.3 Å². The average Bonchev–Trinajstić information content (AvgIpc) is 2.75. The van der Waals surface area contributed by atoms with E-state index in [0.717, 1.165) is 31.2 Å². The standard InChI is InChI=1S/C15H29N5O2.HI/c1-12-14(13(2)20(4)19-12)11-18-15(16-3)17-7-6-8-22-10-9-21-5;/h6-11H2,1-5H3,(H2,16,17,18);1H. The monoisotopic (exact) mass is 439 g/mol. The van der Waals surface area contributed by atoms with Crippen LogP contribution < -0.4 is 10.6 Å². The Labute approximate surface area is 156 Å². The van der Waals surface area contributed by atoms with Gasteiger partial charge in [-0.1, -0.05) is 0 Å². The molecule has 0 spiro atoms. The fraction of sp³-hybridized carbons (Fsp3) is 0.733. The summed E-state index contributed by atoms with van der Waals surface area (Å²) in [5.41, 5.74) is 3.44. The van der Waals surface area contributed by atoms with Crippen molar-refractivity contribution in [2.75, 3.05) is 40.5 Å². The number of aryl methyl sites for hydroxylation is 2. The molecule has 0 aliphatic heterocycles. The molecule has 0 radical (unpaired) electrons. The van der Waals surface area contributed by atoms with Crippen LogP contribution in [0.1, 0.15) is 23.4 Å². The average molecular weight is 439 g/mol. The molecule has 0 unspecified atom stereocenters. The summed E-state index contributed by atoms with van der Waals surface area (Å²) in [7, 11) is 5.40. The molecule has 0 fully saturated rings. The van der Waals surface area contributed by atoms with E-state index in [4.69, 9.17) is 9.47 Å². The molecule has 8 heteroatoms. The Hall–Kier alpha value is -0.870. The lowest BCUT2D eigenvalue weighted by atomic mass is 10.2. The molecule has 0 aliphatic carbocycles. The number of ether oxygens (including phenoxy) is 2. The molecule has 1 heterocycles. The highest BCUT2D eigenvalue weighted by molar-refractivity contribution is 14.0. The van der Waals surface area contributed by atoms with Crippen molar-refractivity contribution in [3.8, 4) is 0 Å². The predicted molar refractivity (Wildman–Crippen MR) is 104 cm³/mol. The van der Waals surface area contributed by atoms with Gasteiger partial charge >= 0.3 is 0 Å². The summed E-state index contributed by atoms with van der Waals surface area (Å²) in [6, 6.07) is 0. The van der Waals surface area contributed by atoms with E-state index in [9.17, 15) is 0 Å². The maximum atomic E-state index is 5.42. The fourth-order valence-corrected chi connectivity index (χ4v) is 2.09. The summed E-state index contributed by atoms with van der Waals surface area (Å²) in [6.07, 6.45) is 0.926. The molecule has 0 aliphatic rings. The fourth-order valence-electron chi connectivity index (χ4n) is 2.09. The predicted octanol–water partition coefficient (Wildman–Crippen LogP) is 1.37. The Balaban J connectivity index is 0.00000484. The largest absolute Gasteiger partial charge is 0.382 e. The molecule has 0 atom stereocenters. The van der Waals surface area contributed by atoms with Crippen LogP contribution in [0.25, 0.3) is 0 Å². The zero-order chi connectivity index (χ0) is 16.4. The number of hydrogen-bond acceptors (Lipinski definition) is 4. The summed E-state index contributed by atoms with van der Waals surface area (Å²) in [4.78, 5) is 4.22. The van der Waals surface area contributed by atoms with E-state index in [1.54, 1.807) is 14.2 Å². The first-order valence-electron chi connectivity index (χ1n) is 7.60. The first kappa shape index (κ1) is 22.1. The van der Waals surface area contributed by atoms with E-state index >= 15 is 0 Å². The zero-order valence-corrected chi connectivity index (χ0v) is 17.1. The lowest BCUT2D eigenvalue weighted by Gasteiger charge is -2.12. The minimum absolute atomic E-state index is 0. The number of aromatic nitrogens is 2. The highest BCUT2D eigenvalue weighted by atomic mass is 127. The van der Waals surface area contributed by atoms with Gasteiger partial charge in [0.25, 0.3) is 0 Å². The number of hydrogen-bond donors (Lipinski definition) is 2. The van der Waals surface area contributed by atoms with Crippen molar-refractivity contribution in [2.24, 2.45) is 12.0 Å². The van der Waals surface area contributed by atoms with Crippen molar-refractivity contribution < 1.29 is 9.47 Å². The number of aliphatic imine (C=N–C) groups is 1. The van der Waals surface area contributed by atoms with Crippen molar-refractivity contribution >= 4 is 29.9 Å². The summed E-state index contributed by atoms with van der Waals surface area (Å²) < 4.78 is 12.2.